The first-order valence-electron chi connectivity index (χ1n) is 6.43. The third kappa shape index (κ3) is 3.65. The summed E-state index contributed by atoms with van der Waals surface area (Å²) in [4.78, 5) is 12.3. The van der Waals surface area contributed by atoms with Crippen LogP contribution < -0.4 is 5.32 Å². The van der Waals surface area contributed by atoms with Crippen LogP contribution in [-0.4, -0.2) is 27.8 Å². The fraction of sp³-hybridized carbons (Fsp3) is 0.188. The number of nitrogens with one attached hydrogen (secondary N) is 1. The SMILES string of the molecule is Cc1cc(C(=O)Nc2ccccc2C#CCO)c(C)nn1. The summed E-state index contributed by atoms with van der Waals surface area (Å²) >= 11 is 0. The third-order valence-corrected chi connectivity index (χ3v) is 2.82. The first-order chi connectivity index (χ1) is 10.1. The van der Waals surface area contributed by atoms with Crippen LogP contribution in [0.3, 0.4) is 0 Å². The lowest BCUT2D eigenvalue weighted by Gasteiger charge is -2.09. The molecule has 1 aromatic heterocycles. The van der Waals surface area contributed by atoms with Crippen molar-refractivity contribution in [1.29, 1.82) is 0 Å². The smallest absolute Gasteiger partial charge is 0.257 e. The van der Waals surface area contributed by atoms with Crippen molar-refractivity contribution < 1.29 is 9.90 Å². The maximum absolute atomic E-state index is 12.3. The fourth-order valence-electron chi connectivity index (χ4n) is 1.81. The molecule has 0 unspecified atom stereocenters. The van der Waals surface area contributed by atoms with Crippen molar-refractivity contribution in [3.63, 3.8) is 0 Å². The minimum Gasteiger partial charge on any atom is -0.384 e. The van der Waals surface area contributed by atoms with E-state index in [1.54, 1.807) is 32.0 Å². The highest BCUT2D eigenvalue weighted by Gasteiger charge is 2.12. The summed E-state index contributed by atoms with van der Waals surface area (Å²) in [5, 5.41) is 19.4. The lowest BCUT2D eigenvalue weighted by Crippen LogP contribution is -2.15. The van der Waals surface area contributed by atoms with Gasteiger partial charge in [0.2, 0.25) is 0 Å². The number of benzene rings is 1. The molecule has 0 saturated heterocycles. The molecule has 106 valence electrons. The summed E-state index contributed by atoms with van der Waals surface area (Å²) in [6.07, 6.45) is 0. The quantitative estimate of drug-likeness (QED) is 0.821. The van der Waals surface area contributed by atoms with E-state index in [-0.39, 0.29) is 12.5 Å². The molecule has 0 bridgehead atoms. The summed E-state index contributed by atoms with van der Waals surface area (Å²) in [5.74, 6) is 5.11. The van der Waals surface area contributed by atoms with E-state index in [4.69, 9.17) is 5.11 Å². The minimum absolute atomic E-state index is 0.227. The lowest BCUT2D eigenvalue weighted by atomic mass is 10.1. The topological polar surface area (TPSA) is 75.1 Å². The maximum atomic E-state index is 12.3. The molecule has 21 heavy (non-hydrogen) atoms. The van der Waals surface area contributed by atoms with Gasteiger partial charge in [-0.15, -0.1) is 0 Å². The molecule has 5 heteroatoms. The Labute approximate surface area is 123 Å². The van der Waals surface area contributed by atoms with Crippen LogP contribution >= 0.6 is 0 Å². The first-order valence-corrected chi connectivity index (χ1v) is 6.43. The van der Waals surface area contributed by atoms with Crippen LogP contribution in [-0.2, 0) is 0 Å². The molecule has 2 rings (SSSR count). The maximum Gasteiger partial charge on any atom is 0.257 e. The Balaban J connectivity index is 2.30. The summed E-state index contributed by atoms with van der Waals surface area (Å²) in [6, 6.07) is 8.86. The van der Waals surface area contributed by atoms with Crippen LogP contribution in [0.25, 0.3) is 0 Å². The number of rotatable bonds is 2. The zero-order chi connectivity index (χ0) is 15.2. The summed E-state index contributed by atoms with van der Waals surface area (Å²) in [6.45, 7) is 3.29. The normalized spacial score (nSPS) is 9.67. The molecule has 0 atom stereocenters. The molecule has 0 radical (unpaired) electrons. The van der Waals surface area contributed by atoms with Gasteiger partial charge in [-0.05, 0) is 32.0 Å². The van der Waals surface area contributed by atoms with Crippen LogP contribution in [0.15, 0.2) is 30.3 Å². The van der Waals surface area contributed by atoms with Gasteiger partial charge >= 0.3 is 0 Å². The molecule has 0 aliphatic rings. The molecule has 1 amide bonds. The highest BCUT2D eigenvalue weighted by Crippen LogP contribution is 2.16. The zero-order valence-corrected chi connectivity index (χ0v) is 11.8. The van der Waals surface area contributed by atoms with Gasteiger partial charge in [0.05, 0.1) is 22.6 Å². The number of carbonyl (C=O) groups excluding carboxylic acids is 1. The lowest BCUT2D eigenvalue weighted by molar-refractivity contribution is 0.102. The standard InChI is InChI=1S/C16H15N3O2/c1-11-10-14(12(2)19-18-11)16(21)17-15-8-4-3-6-13(15)7-5-9-20/h3-4,6,8,10,20H,9H2,1-2H3,(H,17,21). The van der Waals surface area contributed by atoms with Crippen molar-refractivity contribution in [3.05, 3.63) is 52.8 Å². The Morgan fingerprint density at radius 1 is 1.29 bits per heavy atom. The second-order valence-electron chi connectivity index (χ2n) is 4.44. The van der Waals surface area contributed by atoms with E-state index in [9.17, 15) is 4.79 Å². The number of hydrogen-bond acceptors (Lipinski definition) is 4. The third-order valence-electron chi connectivity index (χ3n) is 2.82. The monoisotopic (exact) mass is 281 g/mol. The van der Waals surface area contributed by atoms with Gasteiger partial charge in [-0.2, -0.15) is 10.2 Å². The van der Waals surface area contributed by atoms with Crippen molar-refractivity contribution in [3.8, 4) is 11.8 Å². The number of aromatic nitrogens is 2. The molecule has 0 saturated carbocycles. The molecule has 1 heterocycles. The van der Waals surface area contributed by atoms with Gasteiger partial charge < -0.3 is 10.4 Å². The molecule has 1 aromatic carbocycles. The van der Waals surface area contributed by atoms with Crippen molar-refractivity contribution in [2.24, 2.45) is 0 Å². The number of nitrogens with zero attached hydrogens (tertiary/aromatic N) is 2. The number of para-hydroxylation sites is 1. The largest absolute Gasteiger partial charge is 0.384 e. The van der Waals surface area contributed by atoms with Gasteiger partial charge in [0.15, 0.2) is 0 Å². The number of anilines is 1. The summed E-state index contributed by atoms with van der Waals surface area (Å²) in [5.41, 5.74) is 2.97. The van der Waals surface area contributed by atoms with Crippen LogP contribution in [0.2, 0.25) is 0 Å². The van der Waals surface area contributed by atoms with E-state index >= 15 is 0 Å². The van der Waals surface area contributed by atoms with Gasteiger partial charge in [0, 0.05) is 5.56 Å². The van der Waals surface area contributed by atoms with Crippen LogP contribution in [0, 0.1) is 25.7 Å². The van der Waals surface area contributed by atoms with E-state index in [0.29, 0.717) is 28.2 Å². The Bertz CT molecular complexity index is 730. The Morgan fingerprint density at radius 2 is 2.05 bits per heavy atom. The van der Waals surface area contributed by atoms with Crippen LogP contribution in [0.4, 0.5) is 5.69 Å². The predicted molar refractivity (Wildman–Crippen MR) is 79.9 cm³/mol. The van der Waals surface area contributed by atoms with Gasteiger partial charge in [0.25, 0.3) is 5.91 Å². The van der Waals surface area contributed by atoms with Crippen molar-refractivity contribution in [2.45, 2.75) is 13.8 Å². The Morgan fingerprint density at radius 3 is 2.81 bits per heavy atom. The number of amides is 1. The molecular weight excluding hydrogens is 266 g/mol. The number of aliphatic hydroxyl groups excluding tert-OH is 1. The van der Waals surface area contributed by atoms with Gasteiger partial charge in [-0.1, -0.05) is 24.0 Å². The van der Waals surface area contributed by atoms with E-state index < -0.39 is 0 Å². The van der Waals surface area contributed by atoms with Crippen LogP contribution in [0.5, 0.6) is 0 Å². The molecule has 0 spiro atoms. The molecule has 5 nitrogen and oxygen atoms in total. The first kappa shape index (κ1) is 14.7. The summed E-state index contributed by atoms with van der Waals surface area (Å²) in [7, 11) is 0. The Hall–Kier alpha value is -2.71. The van der Waals surface area contributed by atoms with Crippen molar-refractivity contribution in [1.82, 2.24) is 10.2 Å². The number of aliphatic hydroxyl groups is 1. The van der Waals surface area contributed by atoms with Gasteiger partial charge in [0.1, 0.15) is 6.61 Å². The van der Waals surface area contributed by atoms with Crippen LogP contribution in [0.1, 0.15) is 27.3 Å². The average Bonchev–Trinajstić information content (AvgIpc) is 2.48. The molecule has 2 N–H and O–H groups in total. The molecular formula is C16H15N3O2. The highest BCUT2D eigenvalue weighted by molar-refractivity contribution is 6.05. The molecule has 0 aliphatic carbocycles. The van der Waals surface area contributed by atoms with E-state index in [1.807, 2.05) is 12.1 Å². The second-order valence-corrected chi connectivity index (χ2v) is 4.44. The number of hydrogen-bond donors (Lipinski definition) is 2. The summed E-state index contributed by atoms with van der Waals surface area (Å²) < 4.78 is 0. The zero-order valence-electron chi connectivity index (χ0n) is 11.8. The van der Waals surface area contributed by atoms with Crippen molar-refractivity contribution >= 4 is 11.6 Å². The molecule has 0 fully saturated rings. The highest BCUT2D eigenvalue weighted by atomic mass is 16.2. The number of aryl methyl sites for hydroxylation is 2. The fourth-order valence-corrected chi connectivity index (χ4v) is 1.81. The molecule has 2 aromatic rings. The van der Waals surface area contributed by atoms with Crippen molar-refractivity contribution in [2.75, 3.05) is 11.9 Å². The second kappa shape index (κ2) is 6.64. The van der Waals surface area contributed by atoms with E-state index in [0.717, 1.165) is 0 Å². The van der Waals surface area contributed by atoms with E-state index in [2.05, 4.69) is 27.4 Å². The Kier molecular flexibility index (Phi) is 4.64. The van der Waals surface area contributed by atoms with E-state index in [1.165, 1.54) is 0 Å². The van der Waals surface area contributed by atoms with Gasteiger partial charge in [-0.3, -0.25) is 4.79 Å². The minimum atomic E-state index is -0.260. The predicted octanol–water partition coefficient (Wildman–Crippen LogP) is 1.69. The number of carbonyl (C=O) groups is 1. The van der Waals surface area contributed by atoms with Gasteiger partial charge in [-0.25, -0.2) is 0 Å². The molecule has 0 aliphatic heterocycles. The average molecular weight is 281 g/mol.